The number of hydrogen-bond donors (Lipinski definition) is 0. The predicted molar refractivity (Wildman–Crippen MR) is 80.4 cm³/mol. The van der Waals surface area contributed by atoms with E-state index in [0.717, 1.165) is 5.56 Å². The average molecular weight is 328 g/mol. The molecule has 1 aromatic carbocycles. The van der Waals surface area contributed by atoms with E-state index in [1.807, 2.05) is 6.92 Å². The summed E-state index contributed by atoms with van der Waals surface area (Å²) in [5, 5.41) is -0.209. The molecule has 0 saturated carbocycles. The lowest BCUT2D eigenvalue weighted by Crippen LogP contribution is -2.14. The second-order valence-electron chi connectivity index (χ2n) is 4.64. The van der Waals surface area contributed by atoms with Gasteiger partial charge in [0.1, 0.15) is 10.7 Å². The number of carbonyl (C=O) groups is 1. The first-order chi connectivity index (χ1) is 9.85. The maximum Gasteiger partial charge on any atom is 0.338 e. The van der Waals surface area contributed by atoms with Gasteiger partial charge in [0, 0.05) is 5.75 Å². The summed E-state index contributed by atoms with van der Waals surface area (Å²) in [6.07, 6.45) is 0. The fourth-order valence-electron chi connectivity index (χ4n) is 1.87. The summed E-state index contributed by atoms with van der Waals surface area (Å²) < 4.78 is 34.4. The Balaban J connectivity index is 2.34. The number of esters is 1. The molecule has 1 aliphatic heterocycles. The molecule has 21 heavy (non-hydrogen) atoms. The minimum atomic E-state index is -3.95. The van der Waals surface area contributed by atoms with Crippen LogP contribution in [0.4, 0.5) is 0 Å². The van der Waals surface area contributed by atoms with E-state index in [9.17, 15) is 13.2 Å². The highest BCUT2D eigenvalue weighted by atomic mass is 32.2. The van der Waals surface area contributed by atoms with E-state index >= 15 is 0 Å². The van der Waals surface area contributed by atoms with E-state index in [1.54, 1.807) is 19.1 Å². The highest BCUT2D eigenvalue weighted by Gasteiger charge is 2.33. The van der Waals surface area contributed by atoms with Crippen LogP contribution in [-0.4, -0.2) is 32.5 Å². The van der Waals surface area contributed by atoms with Gasteiger partial charge in [0.15, 0.2) is 0 Å². The van der Waals surface area contributed by atoms with E-state index < -0.39 is 16.1 Å². The Labute approximate surface area is 128 Å². The van der Waals surface area contributed by atoms with Crippen molar-refractivity contribution in [2.45, 2.75) is 24.0 Å². The van der Waals surface area contributed by atoms with Crippen molar-refractivity contribution < 1.29 is 22.1 Å². The lowest BCUT2D eigenvalue weighted by molar-refractivity contribution is -0.136. The molecule has 0 aromatic heterocycles. The third kappa shape index (κ3) is 3.41. The van der Waals surface area contributed by atoms with Crippen molar-refractivity contribution in [3.63, 3.8) is 0 Å². The highest BCUT2D eigenvalue weighted by Crippen LogP contribution is 2.35. The van der Waals surface area contributed by atoms with Crippen LogP contribution in [0.3, 0.4) is 0 Å². The van der Waals surface area contributed by atoms with Crippen LogP contribution >= 0.6 is 11.8 Å². The fraction of sp³-hybridized carbons (Fsp3) is 0.357. The molecule has 0 amide bonds. The number of aryl methyl sites for hydroxylation is 1. The molecule has 1 heterocycles. The third-order valence-electron chi connectivity index (χ3n) is 3.09. The molecule has 0 radical (unpaired) electrons. The van der Waals surface area contributed by atoms with Crippen LogP contribution < -0.4 is 0 Å². The van der Waals surface area contributed by atoms with Gasteiger partial charge in [0.25, 0.3) is 0 Å². The van der Waals surface area contributed by atoms with Gasteiger partial charge >= 0.3 is 16.1 Å². The smallest absolute Gasteiger partial charge is 0.338 e. The number of benzene rings is 1. The summed E-state index contributed by atoms with van der Waals surface area (Å²) in [6, 6.07) is 6.35. The lowest BCUT2D eigenvalue weighted by Gasteiger charge is -2.12. The predicted octanol–water partition coefficient (Wildman–Crippen LogP) is 2.26. The number of thioether (sulfide) groups is 1. The van der Waals surface area contributed by atoms with Crippen molar-refractivity contribution in [3.05, 3.63) is 41.2 Å². The van der Waals surface area contributed by atoms with Crippen molar-refractivity contribution in [3.8, 4) is 0 Å². The molecule has 0 bridgehead atoms. The normalized spacial score (nSPS) is 18.7. The van der Waals surface area contributed by atoms with Crippen LogP contribution in [0, 0.1) is 6.92 Å². The molecule has 1 atom stereocenters. The number of ether oxygens (including phenoxy) is 1. The van der Waals surface area contributed by atoms with Gasteiger partial charge in [-0.25, -0.2) is 4.79 Å². The topological polar surface area (TPSA) is 69.7 Å². The number of rotatable bonds is 4. The Morgan fingerprint density at radius 2 is 1.90 bits per heavy atom. The average Bonchev–Trinajstić information content (AvgIpc) is 2.79. The van der Waals surface area contributed by atoms with Crippen LogP contribution in [0.15, 0.2) is 40.5 Å². The summed E-state index contributed by atoms with van der Waals surface area (Å²) in [6.45, 7) is 3.66. The lowest BCUT2D eigenvalue weighted by atomic mass is 10.2. The number of carbonyl (C=O) groups excluding carboxylic acids is 1. The Morgan fingerprint density at radius 1 is 1.29 bits per heavy atom. The van der Waals surface area contributed by atoms with Gasteiger partial charge in [-0.3, -0.25) is 0 Å². The Hall–Kier alpha value is -1.47. The summed E-state index contributed by atoms with van der Waals surface area (Å²) in [5.74, 6) is -0.0135. The Kier molecular flexibility index (Phi) is 4.63. The zero-order valence-corrected chi connectivity index (χ0v) is 13.6. The van der Waals surface area contributed by atoms with Crippen molar-refractivity contribution in [1.29, 1.82) is 0 Å². The molecule has 0 N–H and O–H groups in total. The summed E-state index contributed by atoms with van der Waals surface area (Å²) in [5.41, 5.74) is 1.22. The van der Waals surface area contributed by atoms with Crippen LogP contribution in [0.25, 0.3) is 0 Å². The van der Waals surface area contributed by atoms with Gasteiger partial charge in [-0.05, 0) is 26.0 Å². The van der Waals surface area contributed by atoms with Crippen molar-refractivity contribution >= 4 is 27.8 Å². The molecule has 1 aliphatic rings. The van der Waals surface area contributed by atoms with Crippen LogP contribution in [-0.2, 0) is 23.8 Å². The maximum atomic E-state index is 12.3. The fourth-order valence-corrected chi connectivity index (χ4v) is 4.00. The molecule has 0 aliphatic carbocycles. The van der Waals surface area contributed by atoms with Gasteiger partial charge in [0.05, 0.1) is 17.9 Å². The monoisotopic (exact) mass is 328 g/mol. The zero-order chi connectivity index (χ0) is 15.6. The standard InChI is InChI=1S/C14H16O5S2/c1-9-4-6-11(7-5-9)21(16,17)19-13-10(2)20-8-12(13)14(15)18-3/h4-7,10H,8H2,1-3H3. The highest BCUT2D eigenvalue weighted by molar-refractivity contribution is 8.00. The van der Waals surface area contributed by atoms with Crippen LogP contribution in [0.2, 0.25) is 0 Å². The van der Waals surface area contributed by atoms with Crippen molar-refractivity contribution in [2.24, 2.45) is 0 Å². The molecule has 0 spiro atoms. The molecular formula is C14H16O5S2. The van der Waals surface area contributed by atoms with Gasteiger partial charge < -0.3 is 8.92 Å². The first-order valence-corrected chi connectivity index (χ1v) is 8.75. The molecule has 2 rings (SSSR count). The molecule has 114 valence electrons. The maximum absolute atomic E-state index is 12.3. The second kappa shape index (κ2) is 6.11. The van der Waals surface area contributed by atoms with Gasteiger partial charge in [-0.2, -0.15) is 8.42 Å². The minimum Gasteiger partial charge on any atom is -0.466 e. The third-order valence-corrected chi connectivity index (χ3v) is 5.50. The zero-order valence-electron chi connectivity index (χ0n) is 12.0. The molecule has 0 fully saturated rings. The summed E-state index contributed by atoms with van der Waals surface area (Å²) >= 11 is 1.43. The summed E-state index contributed by atoms with van der Waals surface area (Å²) in [4.78, 5) is 11.7. The van der Waals surface area contributed by atoms with Crippen molar-refractivity contribution in [1.82, 2.24) is 0 Å². The van der Waals surface area contributed by atoms with E-state index in [0.29, 0.717) is 5.75 Å². The van der Waals surface area contributed by atoms with E-state index in [1.165, 1.54) is 31.0 Å². The SMILES string of the molecule is COC(=O)C1=C(OS(=O)(=O)c2ccc(C)cc2)C(C)SC1. The number of methoxy groups -OCH3 is 1. The Bertz CT molecular complexity index is 674. The summed E-state index contributed by atoms with van der Waals surface area (Å²) in [7, 11) is -2.69. The van der Waals surface area contributed by atoms with Crippen LogP contribution in [0.1, 0.15) is 12.5 Å². The van der Waals surface area contributed by atoms with Crippen LogP contribution in [0.5, 0.6) is 0 Å². The van der Waals surface area contributed by atoms with Gasteiger partial charge in [0.2, 0.25) is 0 Å². The minimum absolute atomic E-state index is 0.0638. The molecule has 5 nitrogen and oxygen atoms in total. The molecular weight excluding hydrogens is 312 g/mol. The van der Waals surface area contributed by atoms with Gasteiger partial charge in [-0.15, -0.1) is 11.8 Å². The largest absolute Gasteiger partial charge is 0.466 e. The first kappa shape index (κ1) is 15.9. The molecule has 0 saturated heterocycles. The molecule has 1 aromatic rings. The number of hydrogen-bond acceptors (Lipinski definition) is 6. The Morgan fingerprint density at radius 3 is 2.48 bits per heavy atom. The second-order valence-corrected chi connectivity index (χ2v) is 7.51. The quantitative estimate of drug-likeness (QED) is 0.624. The van der Waals surface area contributed by atoms with E-state index in [2.05, 4.69) is 4.74 Å². The first-order valence-electron chi connectivity index (χ1n) is 6.29. The van der Waals surface area contributed by atoms with E-state index in [-0.39, 0.29) is 21.5 Å². The van der Waals surface area contributed by atoms with Gasteiger partial charge in [-0.1, -0.05) is 17.7 Å². The van der Waals surface area contributed by atoms with E-state index in [4.69, 9.17) is 4.18 Å². The van der Waals surface area contributed by atoms with Crippen molar-refractivity contribution in [2.75, 3.05) is 12.9 Å². The molecule has 1 unspecified atom stereocenters. The molecule has 7 heteroatoms.